The molecular formula is C11H9BrN2O2. The molecule has 0 aliphatic carbocycles. The molecule has 82 valence electrons. The second-order valence-corrected chi connectivity index (χ2v) is 4.40. The van der Waals surface area contributed by atoms with Crippen LogP contribution in [0, 0.1) is 6.92 Å². The number of imide groups is 1. The minimum Gasteiger partial charge on any atom is -0.269 e. The molecule has 2 amide bonds. The second kappa shape index (κ2) is 3.83. The van der Waals surface area contributed by atoms with Crippen molar-refractivity contribution in [2.45, 2.75) is 13.8 Å². The fourth-order valence-electron chi connectivity index (χ4n) is 1.46. The number of hydrogen-bond acceptors (Lipinski definition) is 3. The van der Waals surface area contributed by atoms with Crippen LogP contribution < -0.4 is 4.90 Å². The fraction of sp³-hybridized carbons (Fsp3) is 0.182. The normalized spacial score (nSPS) is 15.7. The van der Waals surface area contributed by atoms with E-state index >= 15 is 0 Å². The van der Waals surface area contributed by atoms with E-state index in [1.54, 1.807) is 26.0 Å². The maximum Gasteiger partial charge on any atom is 0.262 e. The number of hydrogen-bond donors (Lipinski definition) is 0. The number of anilines is 1. The van der Waals surface area contributed by atoms with E-state index in [1.807, 2.05) is 0 Å². The van der Waals surface area contributed by atoms with E-state index in [0.717, 1.165) is 15.1 Å². The van der Waals surface area contributed by atoms with Gasteiger partial charge in [0.25, 0.3) is 11.8 Å². The summed E-state index contributed by atoms with van der Waals surface area (Å²) in [4.78, 5) is 28.5. The molecule has 0 spiro atoms. The van der Waals surface area contributed by atoms with Crippen LogP contribution in [-0.2, 0) is 9.59 Å². The zero-order valence-corrected chi connectivity index (χ0v) is 10.4. The van der Waals surface area contributed by atoms with Crippen molar-refractivity contribution in [2.24, 2.45) is 0 Å². The lowest BCUT2D eigenvalue weighted by molar-refractivity contribution is -0.120. The van der Waals surface area contributed by atoms with Gasteiger partial charge in [-0.15, -0.1) is 0 Å². The van der Waals surface area contributed by atoms with E-state index in [4.69, 9.17) is 0 Å². The molecule has 2 rings (SSSR count). The number of carbonyl (C=O) groups is 2. The van der Waals surface area contributed by atoms with Crippen LogP contribution in [0.25, 0.3) is 0 Å². The van der Waals surface area contributed by atoms with Gasteiger partial charge < -0.3 is 0 Å². The molecular weight excluding hydrogens is 272 g/mol. The van der Waals surface area contributed by atoms with Gasteiger partial charge in [0, 0.05) is 16.1 Å². The molecule has 2 heterocycles. The van der Waals surface area contributed by atoms with Crippen LogP contribution in [0.5, 0.6) is 0 Å². The first-order valence-corrected chi connectivity index (χ1v) is 5.50. The van der Waals surface area contributed by atoms with Gasteiger partial charge in [0.2, 0.25) is 0 Å². The molecule has 5 heteroatoms. The summed E-state index contributed by atoms with van der Waals surface area (Å²) in [5, 5.41) is 0. The number of rotatable bonds is 1. The lowest BCUT2D eigenvalue weighted by Gasteiger charge is -2.13. The summed E-state index contributed by atoms with van der Waals surface area (Å²) < 4.78 is 0.847. The summed E-state index contributed by atoms with van der Waals surface area (Å²) in [6.45, 7) is 3.42. The molecule has 0 atom stereocenters. The maximum absolute atomic E-state index is 11.7. The third-order valence-corrected chi connectivity index (χ3v) is 3.17. The first kappa shape index (κ1) is 11.0. The SMILES string of the molecule is CC1=CC(=O)N(c2ccc(Br)c(C)n2)C1=O. The number of aromatic nitrogens is 1. The average Bonchev–Trinajstić information content (AvgIpc) is 2.47. The van der Waals surface area contributed by atoms with Gasteiger partial charge in [-0.25, -0.2) is 9.88 Å². The van der Waals surface area contributed by atoms with Crippen molar-refractivity contribution in [1.82, 2.24) is 4.98 Å². The first-order valence-electron chi connectivity index (χ1n) is 4.70. The Bertz CT molecular complexity index is 523. The highest BCUT2D eigenvalue weighted by molar-refractivity contribution is 9.10. The monoisotopic (exact) mass is 280 g/mol. The van der Waals surface area contributed by atoms with Crippen LogP contribution in [-0.4, -0.2) is 16.8 Å². The molecule has 1 aliphatic rings. The van der Waals surface area contributed by atoms with Crippen molar-refractivity contribution in [3.63, 3.8) is 0 Å². The molecule has 1 aliphatic heterocycles. The Kier molecular flexibility index (Phi) is 2.63. The minimum atomic E-state index is -0.336. The summed E-state index contributed by atoms with van der Waals surface area (Å²) in [6, 6.07) is 3.41. The molecule has 0 saturated heterocycles. The molecule has 0 N–H and O–H groups in total. The highest BCUT2D eigenvalue weighted by Crippen LogP contribution is 2.23. The predicted molar refractivity (Wildman–Crippen MR) is 62.9 cm³/mol. The van der Waals surface area contributed by atoms with Gasteiger partial charge in [-0.3, -0.25) is 9.59 Å². The molecule has 1 aromatic heterocycles. The third kappa shape index (κ3) is 1.67. The molecule has 0 aromatic carbocycles. The van der Waals surface area contributed by atoms with Crippen molar-refractivity contribution in [2.75, 3.05) is 4.90 Å². The van der Waals surface area contributed by atoms with Crippen LogP contribution in [0.1, 0.15) is 12.6 Å². The summed E-state index contributed by atoms with van der Waals surface area (Å²) in [5.74, 6) is -0.278. The molecule has 1 aromatic rings. The lowest BCUT2D eigenvalue weighted by Crippen LogP contribution is -2.31. The summed E-state index contributed by atoms with van der Waals surface area (Å²) in [7, 11) is 0. The van der Waals surface area contributed by atoms with E-state index in [2.05, 4.69) is 20.9 Å². The second-order valence-electron chi connectivity index (χ2n) is 3.54. The Morgan fingerprint density at radius 1 is 1.25 bits per heavy atom. The minimum absolute atomic E-state index is 0.306. The van der Waals surface area contributed by atoms with Gasteiger partial charge in [-0.2, -0.15) is 0 Å². The maximum atomic E-state index is 11.7. The van der Waals surface area contributed by atoms with E-state index in [-0.39, 0.29) is 11.8 Å². The van der Waals surface area contributed by atoms with Crippen LogP contribution in [0.2, 0.25) is 0 Å². The quantitative estimate of drug-likeness (QED) is 0.739. The topological polar surface area (TPSA) is 50.3 Å². The molecule has 0 bridgehead atoms. The summed E-state index contributed by atoms with van der Waals surface area (Å²) in [6.07, 6.45) is 1.32. The van der Waals surface area contributed by atoms with E-state index in [1.165, 1.54) is 6.08 Å². The number of pyridine rings is 1. The Morgan fingerprint density at radius 2 is 1.94 bits per heavy atom. The molecule has 0 radical (unpaired) electrons. The summed E-state index contributed by atoms with van der Waals surface area (Å²) in [5.41, 5.74) is 1.18. The standard InChI is InChI=1S/C11H9BrN2O2/c1-6-5-10(15)14(11(6)16)9-4-3-8(12)7(2)13-9/h3-5H,1-2H3. The van der Waals surface area contributed by atoms with Crippen molar-refractivity contribution in [1.29, 1.82) is 0 Å². The molecule has 0 saturated carbocycles. The Morgan fingerprint density at radius 3 is 2.44 bits per heavy atom. The molecule has 4 nitrogen and oxygen atoms in total. The first-order chi connectivity index (χ1) is 7.50. The Labute approximate surface area is 101 Å². The number of halogens is 1. The molecule has 0 unspecified atom stereocenters. The van der Waals surface area contributed by atoms with E-state index in [0.29, 0.717) is 11.4 Å². The fourth-order valence-corrected chi connectivity index (χ4v) is 1.68. The molecule has 0 fully saturated rings. The average molecular weight is 281 g/mol. The van der Waals surface area contributed by atoms with Crippen LogP contribution >= 0.6 is 15.9 Å². The van der Waals surface area contributed by atoms with Crippen molar-refractivity contribution in [3.8, 4) is 0 Å². The molecule has 16 heavy (non-hydrogen) atoms. The van der Waals surface area contributed by atoms with E-state index in [9.17, 15) is 9.59 Å². The van der Waals surface area contributed by atoms with Crippen LogP contribution in [0.3, 0.4) is 0 Å². The number of carbonyl (C=O) groups excluding carboxylic acids is 2. The van der Waals surface area contributed by atoms with Gasteiger partial charge in [0.05, 0.1) is 5.69 Å². The van der Waals surface area contributed by atoms with Gasteiger partial charge >= 0.3 is 0 Å². The largest absolute Gasteiger partial charge is 0.269 e. The number of amides is 2. The lowest BCUT2D eigenvalue weighted by atomic mass is 10.3. The van der Waals surface area contributed by atoms with Gasteiger partial charge in [-0.1, -0.05) is 0 Å². The smallest absolute Gasteiger partial charge is 0.262 e. The summed E-state index contributed by atoms with van der Waals surface area (Å²) >= 11 is 3.32. The predicted octanol–water partition coefficient (Wildman–Crippen LogP) is 1.97. The zero-order chi connectivity index (χ0) is 11.9. The van der Waals surface area contributed by atoms with Crippen molar-refractivity contribution >= 4 is 33.6 Å². The van der Waals surface area contributed by atoms with Gasteiger partial charge in [0.1, 0.15) is 5.82 Å². The van der Waals surface area contributed by atoms with E-state index < -0.39 is 0 Å². The van der Waals surface area contributed by atoms with Crippen LogP contribution in [0.15, 0.2) is 28.3 Å². The number of aryl methyl sites for hydroxylation is 1. The Hall–Kier alpha value is -1.49. The Balaban J connectivity index is 2.43. The zero-order valence-electron chi connectivity index (χ0n) is 8.82. The van der Waals surface area contributed by atoms with Gasteiger partial charge in [-0.05, 0) is 41.9 Å². The number of nitrogens with zero attached hydrogens (tertiary/aromatic N) is 2. The highest BCUT2D eigenvalue weighted by atomic mass is 79.9. The van der Waals surface area contributed by atoms with Crippen molar-refractivity contribution < 1.29 is 9.59 Å². The van der Waals surface area contributed by atoms with Gasteiger partial charge in [0.15, 0.2) is 0 Å². The highest BCUT2D eigenvalue weighted by Gasteiger charge is 2.30. The van der Waals surface area contributed by atoms with Crippen molar-refractivity contribution in [3.05, 3.63) is 33.9 Å². The van der Waals surface area contributed by atoms with Crippen LogP contribution in [0.4, 0.5) is 5.82 Å². The third-order valence-electron chi connectivity index (χ3n) is 2.34.